The molecular formula is C13H18ClN5O2S. The number of anilines is 1. The highest BCUT2D eigenvalue weighted by atomic mass is 35.5. The van der Waals surface area contributed by atoms with Crippen LogP contribution in [-0.2, 0) is 10.2 Å². The Kier molecular flexibility index (Phi) is 5.24. The maximum absolute atomic E-state index is 12.1. The van der Waals surface area contributed by atoms with Gasteiger partial charge in [-0.25, -0.2) is 4.98 Å². The predicted octanol–water partition coefficient (Wildman–Crippen LogP) is 0.971. The molecule has 0 radical (unpaired) electrons. The molecule has 1 aromatic rings. The van der Waals surface area contributed by atoms with Crippen LogP contribution in [0.25, 0.3) is 0 Å². The Labute approximate surface area is 135 Å². The molecule has 2 rings (SSSR count). The van der Waals surface area contributed by atoms with Crippen molar-refractivity contribution in [3.8, 4) is 6.07 Å². The van der Waals surface area contributed by atoms with E-state index in [4.69, 9.17) is 16.9 Å². The molecule has 0 aromatic carbocycles. The molecule has 0 atom stereocenters. The minimum absolute atomic E-state index is 0.141. The molecule has 7 nitrogen and oxygen atoms in total. The van der Waals surface area contributed by atoms with Gasteiger partial charge in [-0.05, 0) is 19.9 Å². The van der Waals surface area contributed by atoms with Crippen molar-refractivity contribution in [1.29, 1.82) is 5.26 Å². The second-order valence-corrected chi connectivity index (χ2v) is 7.41. The van der Waals surface area contributed by atoms with Crippen molar-refractivity contribution in [1.82, 2.24) is 14.0 Å². The first-order valence-corrected chi connectivity index (χ1v) is 8.73. The highest BCUT2D eigenvalue weighted by molar-refractivity contribution is 7.87. The Morgan fingerprint density at radius 1 is 1.36 bits per heavy atom. The summed E-state index contributed by atoms with van der Waals surface area (Å²) in [6, 6.07) is 3.40. The van der Waals surface area contributed by atoms with Gasteiger partial charge in [0, 0.05) is 38.4 Å². The minimum atomic E-state index is -3.45. The van der Waals surface area contributed by atoms with Crippen LogP contribution in [0, 0.1) is 11.3 Å². The van der Waals surface area contributed by atoms with Crippen molar-refractivity contribution in [2.45, 2.75) is 19.9 Å². The van der Waals surface area contributed by atoms with Crippen LogP contribution >= 0.6 is 11.6 Å². The maximum atomic E-state index is 12.1. The monoisotopic (exact) mass is 343 g/mol. The van der Waals surface area contributed by atoms with E-state index in [0.717, 1.165) is 0 Å². The van der Waals surface area contributed by atoms with E-state index in [0.29, 0.717) is 42.6 Å². The van der Waals surface area contributed by atoms with Crippen LogP contribution in [0.3, 0.4) is 0 Å². The zero-order chi connectivity index (χ0) is 16.3. The molecule has 2 heterocycles. The molecule has 1 aliphatic heterocycles. The average Bonchev–Trinajstić information content (AvgIpc) is 2.46. The average molecular weight is 344 g/mol. The molecule has 0 spiro atoms. The molecule has 0 unspecified atom stereocenters. The summed E-state index contributed by atoms with van der Waals surface area (Å²) in [6.07, 6.45) is 1.46. The lowest BCUT2D eigenvalue weighted by Gasteiger charge is -2.35. The van der Waals surface area contributed by atoms with Gasteiger partial charge in [-0.15, -0.1) is 0 Å². The molecule has 120 valence electrons. The van der Waals surface area contributed by atoms with Crippen molar-refractivity contribution >= 4 is 27.6 Å². The fourth-order valence-corrected chi connectivity index (χ4v) is 3.91. The van der Waals surface area contributed by atoms with E-state index in [1.165, 1.54) is 10.5 Å². The summed E-state index contributed by atoms with van der Waals surface area (Å²) < 4.78 is 28.2. The molecule has 1 aliphatic rings. The summed E-state index contributed by atoms with van der Waals surface area (Å²) in [5.74, 6) is 0.578. The van der Waals surface area contributed by atoms with Gasteiger partial charge < -0.3 is 4.90 Å². The predicted molar refractivity (Wildman–Crippen MR) is 84.9 cm³/mol. The van der Waals surface area contributed by atoms with E-state index in [1.54, 1.807) is 19.9 Å². The van der Waals surface area contributed by atoms with Gasteiger partial charge in [0.2, 0.25) is 0 Å². The number of halogens is 1. The van der Waals surface area contributed by atoms with Gasteiger partial charge in [-0.2, -0.15) is 22.7 Å². The topological polar surface area (TPSA) is 89.3 Å². The van der Waals surface area contributed by atoms with Crippen molar-refractivity contribution in [2.75, 3.05) is 31.1 Å². The van der Waals surface area contributed by atoms with Crippen molar-refractivity contribution in [3.05, 3.63) is 22.8 Å². The second-order valence-electron chi connectivity index (χ2n) is 5.30. The fraction of sp³-hybridized carbons (Fsp3) is 0.538. The normalized spacial score (nSPS) is 16.8. The molecule has 0 amide bonds. The van der Waals surface area contributed by atoms with E-state index in [1.807, 2.05) is 11.0 Å². The van der Waals surface area contributed by atoms with Crippen LogP contribution < -0.4 is 9.62 Å². The zero-order valence-corrected chi connectivity index (χ0v) is 14.0. The van der Waals surface area contributed by atoms with Crippen molar-refractivity contribution in [3.63, 3.8) is 0 Å². The molecule has 1 aromatic heterocycles. The van der Waals surface area contributed by atoms with Crippen LogP contribution in [-0.4, -0.2) is 49.9 Å². The van der Waals surface area contributed by atoms with Gasteiger partial charge in [-0.3, -0.25) is 0 Å². The zero-order valence-electron chi connectivity index (χ0n) is 12.5. The van der Waals surface area contributed by atoms with Crippen LogP contribution in [0.5, 0.6) is 0 Å². The summed E-state index contributed by atoms with van der Waals surface area (Å²) in [5, 5.41) is 9.22. The highest BCUT2D eigenvalue weighted by Gasteiger charge is 2.28. The number of nitrogens with one attached hydrogen (secondary N) is 1. The van der Waals surface area contributed by atoms with Crippen LogP contribution in [0.4, 0.5) is 5.82 Å². The standard InChI is InChI=1S/C13H18ClN5O2S/c1-10(2)17-22(20,21)19-5-3-18(4-6-19)13-12(14)7-11(8-15)9-16-13/h7,9-10,17H,3-6H2,1-2H3. The molecular weight excluding hydrogens is 326 g/mol. The maximum Gasteiger partial charge on any atom is 0.279 e. The third-order valence-corrected chi connectivity index (χ3v) is 5.31. The van der Waals surface area contributed by atoms with Crippen LogP contribution in [0.1, 0.15) is 19.4 Å². The first-order valence-electron chi connectivity index (χ1n) is 6.91. The lowest BCUT2D eigenvalue weighted by molar-refractivity contribution is 0.375. The van der Waals surface area contributed by atoms with Gasteiger partial charge in [0.1, 0.15) is 11.9 Å². The molecule has 0 aliphatic carbocycles. The lowest BCUT2D eigenvalue weighted by Crippen LogP contribution is -2.53. The van der Waals surface area contributed by atoms with E-state index in [9.17, 15) is 8.42 Å². The highest BCUT2D eigenvalue weighted by Crippen LogP contribution is 2.25. The lowest BCUT2D eigenvalue weighted by atomic mass is 10.3. The first kappa shape index (κ1) is 17.0. The quantitative estimate of drug-likeness (QED) is 0.880. The number of rotatable bonds is 4. The Bertz CT molecular complexity index is 678. The van der Waals surface area contributed by atoms with Gasteiger partial charge in [0.25, 0.3) is 10.2 Å². The van der Waals surface area contributed by atoms with E-state index >= 15 is 0 Å². The largest absolute Gasteiger partial charge is 0.353 e. The molecule has 1 saturated heterocycles. The number of hydrogen-bond donors (Lipinski definition) is 1. The van der Waals surface area contributed by atoms with Gasteiger partial charge in [0.05, 0.1) is 10.6 Å². The Balaban J connectivity index is 2.05. The number of aromatic nitrogens is 1. The number of piperazine rings is 1. The van der Waals surface area contributed by atoms with Crippen molar-refractivity contribution < 1.29 is 8.42 Å². The third-order valence-electron chi connectivity index (χ3n) is 3.21. The molecule has 22 heavy (non-hydrogen) atoms. The number of nitrogens with zero attached hydrogens (tertiary/aromatic N) is 4. The smallest absolute Gasteiger partial charge is 0.279 e. The summed E-state index contributed by atoms with van der Waals surface area (Å²) >= 11 is 6.14. The summed E-state index contributed by atoms with van der Waals surface area (Å²) in [4.78, 5) is 6.12. The van der Waals surface area contributed by atoms with Crippen LogP contribution in [0.15, 0.2) is 12.3 Å². The summed E-state index contributed by atoms with van der Waals surface area (Å²) in [7, 11) is -3.45. The number of pyridine rings is 1. The van der Waals surface area contributed by atoms with E-state index < -0.39 is 10.2 Å². The molecule has 1 N–H and O–H groups in total. The molecule has 1 fully saturated rings. The van der Waals surface area contributed by atoms with E-state index in [2.05, 4.69) is 9.71 Å². The van der Waals surface area contributed by atoms with Gasteiger partial charge >= 0.3 is 0 Å². The fourth-order valence-electron chi connectivity index (χ4n) is 2.24. The minimum Gasteiger partial charge on any atom is -0.353 e. The number of hydrogen-bond acceptors (Lipinski definition) is 5. The van der Waals surface area contributed by atoms with Crippen LogP contribution in [0.2, 0.25) is 5.02 Å². The SMILES string of the molecule is CC(C)NS(=O)(=O)N1CCN(c2ncc(C#N)cc2Cl)CC1. The van der Waals surface area contributed by atoms with E-state index in [-0.39, 0.29) is 6.04 Å². The third kappa shape index (κ3) is 3.87. The number of nitriles is 1. The summed E-state index contributed by atoms with van der Waals surface area (Å²) in [6.45, 7) is 5.29. The Morgan fingerprint density at radius 2 is 2.00 bits per heavy atom. The molecule has 9 heteroatoms. The van der Waals surface area contributed by atoms with Crippen molar-refractivity contribution in [2.24, 2.45) is 0 Å². The Morgan fingerprint density at radius 3 is 2.50 bits per heavy atom. The molecule has 0 saturated carbocycles. The van der Waals surface area contributed by atoms with Gasteiger partial charge in [-0.1, -0.05) is 11.6 Å². The second kappa shape index (κ2) is 6.79. The molecule has 0 bridgehead atoms. The van der Waals surface area contributed by atoms with Gasteiger partial charge in [0.15, 0.2) is 0 Å². The first-order chi connectivity index (χ1) is 10.3. The summed E-state index contributed by atoms with van der Waals surface area (Å²) in [5.41, 5.74) is 0.399. The Hall–Kier alpha value is -1.40.